The van der Waals surface area contributed by atoms with Crippen molar-refractivity contribution in [2.24, 2.45) is 7.05 Å². The largest absolute Gasteiger partial charge is 0.379 e. The summed E-state index contributed by atoms with van der Waals surface area (Å²) in [5.41, 5.74) is 1.41. The van der Waals surface area contributed by atoms with Crippen LogP contribution in [0.5, 0.6) is 0 Å². The molecule has 7 heteroatoms. The summed E-state index contributed by atoms with van der Waals surface area (Å²) in [7, 11) is 1.85. The highest BCUT2D eigenvalue weighted by Gasteiger charge is 2.17. The van der Waals surface area contributed by atoms with E-state index in [1.54, 1.807) is 23.0 Å². The predicted octanol–water partition coefficient (Wildman–Crippen LogP) is 2.64. The molecule has 0 fully saturated rings. The van der Waals surface area contributed by atoms with E-state index in [4.69, 9.17) is 11.6 Å². The highest BCUT2D eigenvalue weighted by molar-refractivity contribution is 6.33. The number of aromatic nitrogens is 2. The zero-order valence-corrected chi connectivity index (χ0v) is 11.1. The lowest BCUT2D eigenvalue weighted by molar-refractivity contribution is -0.383. The molecule has 0 spiro atoms. The monoisotopic (exact) mass is 280 g/mol. The van der Waals surface area contributed by atoms with E-state index in [1.165, 1.54) is 6.07 Å². The quantitative estimate of drug-likeness (QED) is 0.675. The molecule has 0 bridgehead atoms. The average Bonchev–Trinajstić information content (AvgIpc) is 2.74. The van der Waals surface area contributed by atoms with E-state index in [0.29, 0.717) is 12.2 Å². The smallest absolute Gasteiger partial charge is 0.310 e. The molecular formula is C12H13ClN4O2. The van der Waals surface area contributed by atoms with Crippen molar-refractivity contribution in [2.75, 3.05) is 11.9 Å². The molecule has 0 atom stereocenters. The summed E-state index contributed by atoms with van der Waals surface area (Å²) in [4.78, 5) is 10.5. The van der Waals surface area contributed by atoms with Gasteiger partial charge in [0.05, 0.1) is 11.1 Å². The lowest BCUT2D eigenvalue weighted by Crippen LogP contribution is -2.06. The molecule has 1 N–H and O–H groups in total. The van der Waals surface area contributed by atoms with E-state index in [9.17, 15) is 10.1 Å². The van der Waals surface area contributed by atoms with Crippen molar-refractivity contribution in [3.05, 3.63) is 51.3 Å². The number of nitrogens with zero attached hydrogens (tertiary/aromatic N) is 3. The molecule has 0 radical (unpaired) electrons. The van der Waals surface area contributed by atoms with Gasteiger partial charge in [-0.15, -0.1) is 0 Å². The molecule has 1 aromatic carbocycles. The SMILES string of the molecule is Cn1cc(CCNc2cccc(Cl)c2[N+](=O)[O-])cn1. The number of hydrogen-bond donors (Lipinski definition) is 1. The van der Waals surface area contributed by atoms with Gasteiger partial charge >= 0.3 is 5.69 Å². The third kappa shape index (κ3) is 3.23. The van der Waals surface area contributed by atoms with Crippen LogP contribution >= 0.6 is 11.6 Å². The van der Waals surface area contributed by atoms with Crippen molar-refractivity contribution >= 4 is 23.0 Å². The molecule has 0 aliphatic carbocycles. The first-order valence-corrected chi connectivity index (χ1v) is 6.10. The van der Waals surface area contributed by atoms with Gasteiger partial charge in [-0.1, -0.05) is 17.7 Å². The molecule has 6 nitrogen and oxygen atoms in total. The summed E-state index contributed by atoms with van der Waals surface area (Å²) in [5, 5.41) is 18.2. The fourth-order valence-electron chi connectivity index (χ4n) is 1.79. The minimum atomic E-state index is -0.477. The molecule has 0 unspecified atom stereocenters. The zero-order chi connectivity index (χ0) is 13.8. The maximum Gasteiger partial charge on any atom is 0.310 e. The van der Waals surface area contributed by atoms with Crippen molar-refractivity contribution in [2.45, 2.75) is 6.42 Å². The van der Waals surface area contributed by atoms with Gasteiger partial charge < -0.3 is 5.32 Å². The van der Waals surface area contributed by atoms with Crippen molar-refractivity contribution in [1.29, 1.82) is 0 Å². The number of para-hydroxylation sites is 1. The Morgan fingerprint density at radius 1 is 1.53 bits per heavy atom. The van der Waals surface area contributed by atoms with Crippen LogP contribution in [-0.4, -0.2) is 21.2 Å². The minimum absolute atomic E-state index is 0.0876. The van der Waals surface area contributed by atoms with Gasteiger partial charge in [0.1, 0.15) is 10.7 Å². The van der Waals surface area contributed by atoms with E-state index in [0.717, 1.165) is 12.0 Å². The van der Waals surface area contributed by atoms with E-state index in [-0.39, 0.29) is 10.7 Å². The number of anilines is 1. The van der Waals surface area contributed by atoms with Crippen LogP contribution in [0.15, 0.2) is 30.6 Å². The van der Waals surface area contributed by atoms with E-state index in [1.807, 2.05) is 13.2 Å². The molecule has 100 valence electrons. The number of halogens is 1. The molecule has 0 saturated heterocycles. The summed E-state index contributed by atoms with van der Waals surface area (Å²) in [6.45, 7) is 0.576. The van der Waals surface area contributed by atoms with Gasteiger partial charge in [-0.3, -0.25) is 14.8 Å². The van der Waals surface area contributed by atoms with E-state index < -0.39 is 4.92 Å². The maximum absolute atomic E-state index is 10.9. The second-order valence-electron chi connectivity index (χ2n) is 4.09. The number of nitro benzene ring substituents is 1. The Labute approximate surface area is 115 Å². The first-order chi connectivity index (χ1) is 9.08. The summed E-state index contributed by atoms with van der Waals surface area (Å²) in [6.07, 6.45) is 4.42. The Morgan fingerprint density at radius 2 is 2.32 bits per heavy atom. The summed E-state index contributed by atoms with van der Waals surface area (Å²) < 4.78 is 1.72. The van der Waals surface area contributed by atoms with Gasteiger partial charge in [0.2, 0.25) is 0 Å². The lowest BCUT2D eigenvalue weighted by atomic mass is 10.2. The lowest BCUT2D eigenvalue weighted by Gasteiger charge is -2.07. The fraction of sp³-hybridized carbons (Fsp3) is 0.250. The molecule has 0 saturated carbocycles. The minimum Gasteiger partial charge on any atom is -0.379 e. The fourth-order valence-corrected chi connectivity index (χ4v) is 2.03. The number of hydrogen-bond acceptors (Lipinski definition) is 4. The normalized spacial score (nSPS) is 10.4. The zero-order valence-electron chi connectivity index (χ0n) is 10.3. The van der Waals surface area contributed by atoms with Crippen molar-refractivity contribution < 1.29 is 4.92 Å². The van der Waals surface area contributed by atoms with Crippen LogP contribution in [0, 0.1) is 10.1 Å². The van der Waals surface area contributed by atoms with Gasteiger partial charge in [0, 0.05) is 19.8 Å². The van der Waals surface area contributed by atoms with Crippen LogP contribution in [-0.2, 0) is 13.5 Å². The molecule has 2 aromatic rings. The number of aryl methyl sites for hydroxylation is 1. The van der Waals surface area contributed by atoms with Crippen LogP contribution in [0.25, 0.3) is 0 Å². The first-order valence-electron chi connectivity index (χ1n) is 5.72. The van der Waals surface area contributed by atoms with Crippen molar-refractivity contribution in [1.82, 2.24) is 9.78 Å². The highest BCUT2D eigenvalue weighted by atomic mass is 35.5. The van der Waals surface area contributed by atoms with Crippen LogP contribution in [0.1, 0.15) is 5.56 Å². The molecule has 0 aliphatic heterocycles. The van der Waals surface area contributed by atoms with Crippen LogP contribution in [0.4, 0.5) is 11.4 Å². The molecule has 1 aromatic heterocycles. The number of benzene rings is 1. The summed E-state index contributed by atoms with van der Waals surface area (Å²) in [6, 6.07) is 4.83. The Balaban J connectivity index is 2.03. The first kappa shape index (κ1) is 13.4. The second-order valence-corrected chi connectivity index (χ2v) is 4.50. The van der Waals surface area contributed by atoms with Crippen LogP contribution < -0.4 is 5.32 Å². The molecule has 19 heavy (non-hydrogen) atoms. The Kier molecular flexibility index (Phi) is 4.01. The van der Waals surface area contributed by atoms with Gasteiger partial charge in [-0.2, -0.15) is 5.10 Å². The molecule has 2 rings (SSSR count). The van der Waals surface area contributed by atoms with E-state index in [2.05, 4.69) is 10.4 Å². The third-order valence-electron chi connectivity index (χ3n) is 2.66. The number of nitro groups is 1. The Bertz CT molecular complexity index is 597. The topological polar surface area (TPSA) is 73.0 Å². The van der Waals surface area contributed by atoms with Crippen LogP contribution in [0.2, 0.25) is 5.02 Å². The summed E-state index contributed by atoms with van der Waals surface area (Å²) >= 11 is 5.83. The summed E-state index contributed by atoms with van der Waals surface area (Å²) in [5.74, 6) is 0. The third-order valence-corrected chi connectivity index (χ3v) is 2.96. The number of nitrogens with one attached hydrogen (secondary N) is 1. The molecule has 1 heterocycles. The number of rotatable bonds is 5. The molecule has 0 amide bonds. The Hall–Kier alpha value is -2.08. The van der Waals surface area contributed by atoms with Crippen molar-refractivity contribution in [3.8, 4) is 0 Å². The van der Waals surface area contributed by atoms with Gasteiger partial charge in [0.15, 0.2) is 0 Å². The van der Waals surface area contributed by atoms with Gasteiger partial charge in [-0.05, 0) is 24.1 Å². The van der Waals surface area contributed by atoms with Gasteiger partial charge in [0.25, 0.3) is 0 Å². The highest BCUT2D eigenvalue weighted by Crippen LogP contribution is 2.32. The predicted molar refractivity (Wildman–Crippen MR) is 73.5 cm³/mol. The molecular weight excluding hydrogens is 268 g/mol. The average molecular weight is 281 g/mol. The molecule has 0 aliphatic rings. The van der Waals surface area contributed by atoms with Gasteiger partial charge in [-0.25, -0.2) is 0 Å². The Morgan fingerprint density at radius 3 is 2.95 bits per heavy atom. The van der Waals surface area contributed by atoms with E-state index >= 15 is 0 Å². The van der Waals surface area contributed by atoms with Crippen molar-refractivity contribution in [3.63, 3.8) is 0 Å². The standard InChI is InChI=1S/C12H13ClN4O2/c1-16-8-9(7-15-16)5-6-14-11-4-2-3-10(13)12(11)17(18)19/h2-4,7-8,14H,5-6H2,1H3. The van der Waals surface area contributed by atoms with Crippen LogP contribution in [0.3, 0.4) is 0 Å². The second kappa shape index (κ2) is 5.71. The maximum atomic E-state index is 10.9.